The number of likely N-dealkylation sites (tertiary alicyclic amines) is 1. The van der Waals surface area contributed by atoms with Crippen LogP contribution in [0.15, 0.2) is 6.33 Å². The van der Waals surface area contributed by atoms with Gasteiger partial charge < -0.3 is 14.8 Å². The summed E-state index contributed by atoms with van der Waals surface area (Å²) in [6, 6.07) is 0.593. The molecule has 1 saturated carbocycles. The standard InChI is InChI=1S/C15H25N5O/c1-2-14-18-17-11-19(14)10-8-16-15(21)20-9-7-12-5-3-4-6-13(12)20/h11-13H,2-10H2,1H3,(H,16,21)/t12-,13-/m0/s1. The van der Waals surface area contributed by atoms with E-state index in [0.717, 1.165) is 31.3 Å². The normalized spacial score (nSPS) is 24.9. The van der Waals surface area contributed by atoms with Crippen molar-refractivity contribution in [3.05, 3.63) is 12.2 Å². The van der Waals surface area contributed by atoms with Gasteiger partial charge in [-0.3, -0.25) is 0 Å². The molecule has 1 aliphatic carbocycles. The maximum Gasteiger partial charge on any atom is 0.317 e. The fourth-order valence-electron chi connectivity index (χ4n) is 3.78. The Morgan fingerprint density at radius 2 is 2.24 bits per heavy atom. The van der Waals surface area contributed by atoms with Gasteiger partial charge in [0.05, 0.1) is 0 Å². The molecule has 1 N–H and O–H groups in total. The summed E-state index contributed by atoms with van der Waals surface area (Å²) in [5, 5.41) is 11.0. The van der Waals surface area contributed by atoms with E-state index < -0.39 is 0 Å². The van der Waals surface area contributed by atoms with E-state index in [2.05, 4.69) is 27.3 Å². The molecule has 1 saturated heterocycles. The summed E-state index contributed by atoms with van der Waals surface area (Å²) in [5.41, 5.74) is 0. The van der Waals surface area contributed by atoms with Gasteiger partial charge in [0.25, 0.3) is 0 Å². The number of urea groups is 1. The van der Waals surface area contributed by atoms with E-state index in [4.69, 9.17) is 0 Å². The van der Waals surface area contributed by atoms with Gasteiger partial charge in [-0.2, -0.15) is 0 Å². The van der Waals surface area contributed by atoms with E-state index in [-0.39, 0.29) is 6.03 Å². The quantitative estimate of drug-likeness (QED) is 0.920. The maximum absolute atomic E-state index is 12.4. The van der Waals surface area contributed by atoms with E-state index >= 15 is 0 Å². The van der Waals surface area contributed by atoms with Crippen molar-refractivity contribution in [3.8, 4) is 0 Å². The highest BCUT2D eigenvalue weighted by Gasteiger charge is 2.37. The molecule has 2 amide bonds. The number of fused-ring (bicyclic) bond motifs is 1. The molecule has 116 valence electrons. The van der Waals surface area contributed by atoms with Crippen LogP contribution in [0.1, 0.15) is 44.9 Å². The van der Waals surface area contributed by atoms with Crippen LogP contribution in [0.5, 0.6) is 0 Å². The topological polar surface area (TPSA) is 63.1 Å². The largest absolute Gasteiger partial charge is 0.336 e. The van der Waals surface area contributed by atoms with Gasteiger partial charge in [-0.15, -0.1) is 10.2 Å². The third-order valence-electron chi connectivity index (χ3n) is 4.91. The van der Waals surface area contributed by atoms with Crippen molar-refractivity contribution in [1.82, 2.24) is 25.0 Å². The smallest absolute Gasteiger partial charge is 0.317 e. The average Bonchev–Trinajstić information content (AvgIpc) is 3.13. The number of nitrogens with one attached hydrogen (secondary N) is 1. The fraction of sp³-hybridized carbons (Fsp3) is 0.800. The molecule has 0 bridgehead atoms. The molecule has 2 atom stereocenters. The van der Waals surface area contributed by atoms with E-state index in [0.29, 0.717) is 12.6 Å². The number of carbonyl (C=O) groups is 1. The molecule has 0 unspecified atom stereocenters. The minimum atomic E-state index is 0.107. The zero-order chi connectivity index (χ0) is 14.7. The molecule has 1 aromatic heterocycles. The lowest BCUT2D eigenvalue weighted by atomic mass is 9.85. The molecule has 1 aliphatic heterocycles. The first-order valence-electron chi connectivity index (χ1n) is 8.20. The molecule has 2 fully saturated rings. The molecule has 3 rings (SSSR count). The molecule has 1 aromatic rings. The minimum absolute atomic E-state index is 0.107. The lowest BCUT2D eigenvalue weighted by molar-refractivity contribution is 0.169. The van der Waals surface area contributed by atoms with E-state index in [1.165, 1.54) is 32.1 Å². The fourth-order valence-corrected chi connectivity index (χ4v) is 3.78. The van der Waals surface area contributed by atoms with Crippen LogP contribution in [0, 0.1) is 5.92 Å². The van der Waals surface area contributed by atoms with Crippen molar-refractivity contribution >= 4 is 6.03 Å². The molecule has 2 aliphatic rings. The van der Waals surface area contributed by atoms with Crippen molar-refractivity contribution < 1.29 is 4.79 Å². The van der Waals surface area contributed by atoms with E-state index in [9.17, 15) is 4.79 Å². The minimum Gasteiger partial charge on any atom is -0.336 e. The Kier molecular flexibility index (Phi) is 4.41. The third kappa shape index (κ3) is 3.04. The number of hydrogen-bond donors (Lipinski definition) is 1. The number of aryl methyl sites for hydroxylation is 1. The molecule has 0 radical (unpaired) electrons. The molecule has 6 heteroatoms. The first-order chi connectivity index (χ1) is 10.3. The van der Waals surface area contributed by atoms with Crippen LogP contribution in [-0.4, -0.2) is 44.8 Å². The highest BCUT2D eigenvalue weighted by Crippen LogP contribution is 2.35. The second-order valence-electron chi connectivity index (χ2n) is 6.12. The number of nitrogens with zero attached hydrogens (tertiary/aromatic N) is 4. The maximum atomic E-state index is 12.4. The second kappa shape index (κ2) is 6.45. The van der Waals surface area contributed by atoms with Gasteiger partial charge in [-0.1, -0.05) is 19.8 Å². The molecule has 21 heavy (non-hydrogen) atoms. The van der Waals surface area contributed by atoms with Gasteiger partial charge in [-0.05, 0) is 25.2 Å². The van der Waals surface area contributed by atoms with Gasteiger partial charge in [0.1, 0.15) is 12.2 Å². The van der Waals surface area contributed by atoms with Gasteiger partial charge in [0, 0.05) is 32.1 Å². The van der Waals surface area contributed by atoms with Gasteiger partial charge >= 0.3 is 6.03 Å². The Hall–Kier alpha value is -1.59. The van der Waals surface area contributed by atoms with Crippen LogP contribution in [-0.2, 0) is 13.0 Å². The van der Waals surface area contributed by atoms with Crippen molar-refractivity contribution in [1.29, 1.82) is 0 Å². The zero-order valence-electron chi connectivity index (χ0n) is 12.8. The van der Waals surface area contributed by atoms with E-state index in [1.54, 1.807) is 6.33 Å². The summed E-state index contributed by atoms with van der Waals surface area (Å²) in [5.74, 6) is 1.71. The van der Waals surface area contributed by atoms with Crippen LogP contribution in [0.2, 0.25) is 0 Å². The van der Waals surface area contributed by atoms with Crippen LogP contribution in [0.25, 0.3) is 0 Å². The molecule has 0 spiro atoms. The van der Waals surface area contributed by atoms with Gasteiger partial charge in [0.2, 0.25) is 0 Å². The summed E-state index contributed by atoms with van der Waals surface area (Å²) in [7, 11) is 0. The SMILES string of the molecule is CCc1nncn1CCNC(=O)N1CC[C@@H]2CCCC[C@@H]21. The Bertz CT molecular complexity index is 486. The van der Waals surface area contributed by atoms with Crippen molar-refractivity contribution in [2.24, 2.45) is 5.92 Å². The van der Waals surface area contributed by atoms with Gasteiger partial charge in [-0.25, -0.2) is 4.79 Å². The average molecular weight is 291 g/mol. The van der Waals surface area contributed by atoms with Crippen LogP contribution >= 0.6 is 0 Å². The number of rotatable bonds is 4. The van der Waals surface area contributed by atoms with Crippen molar-refractivity contribution in [2.75, 3.05) is 13.1 Å². The van der Waals surface area contributed by atoms with E-state index in [1.807, 2.05) is 4.57 Å². The summed E-state index contributed by atoms with van der Waals surface area (Å²) in [4.78, 5) is 14.4. The third-order valence-corrected chi connectivity index (χ3v) is 4.91. The summed E-state index contributed by atoms with van der Waals surface area (Å²) in [6.07, 6.45) is 8.87. The number of aromatic nitrogens is 3. The molecule has 0 aromatic carbocycles. The summed E-state index contributed by atoms with van der Waals surface area (Å²) < 4.78 is 2.01. The molecular formula is C15H25N5O. The predicted octanol–water partition coefficient (Wildman–Crippen LogP) is 1.81. The zero-order valence-corrected chi connectivity index (χ0v) is 12.8. The lowest BCUT2D eigenvalue weighted by Gasteiger charge is -2.31. The highest BCUT2D eigenvalue weighted by molar-refractivity contribution is 5.74. The number of amides is 2. The Labute approximate surface area is 125 Å². The predicted molar refractivity (Wildman–Crippen MR) is 79.9 cm³/mol. The van der Waals surface area contributed by atoms with Crippen LogP contribution in [0.3, 0.4) is 0 Å². The molecule has 6 nitrogen and oxygen atoms in total. The Balaban J connectivity index is 1.48. The molecular weight excluding hydrogens is 266 g/mol. The van der Waals surface area contributed by atoms with Crippen molar-refractivity contribution in [2.45, 2.75) is 58.0 Å². The van der Waals surface area contributed by atoms with Crippen molar-refractivity contribution in [3.63, 3.8) is 0 Å². The second-order valence-corrected chi connectivity index (χ2v) is 6.12. The Morgan fingerprint density at radius 3 is 3.10 bits per heavy atom. The van der Waals surface area contributed by atoms with Gasteiger partial charge in [0.15, 0.2) is 0 Å². The van der Waals surface area contributed by atoms with Crippen LogP contribution < -0.4 is 5.32 Å². The number of carbonyl (C=O) groups excluding carboxylic acids is 1. The lowest BCUT2D eigenvalue weighted by Crippen LogP contribution is -2.45. The summed E-state index contributed by atoms with van der Waals surface area (Å²) in [6.45, 7) is 4.36. The first kappa shape index (κ1) is 14.4. The monoisotopic (exact) mass is 291 g/mol. The first-order valence-corrected chi connectivity index (χ1v) is 8.20. The number of hydrogen-bond acceptors (Lipinski definition) is 3. The summed E-state index contributed by atoms with van der Waals surface area (Å²) >= 11 is 0. The Morgan fingerprint density at radius 1 is 1.38 bits per heavy atom. The molecule has 2 heterocycles. The van der Waals surface area contributed by atoms with Crippen LogP contribution in [0.4, 0.5) is 4.79 Å². The highest BCUT2D eigenvalue weighted by atomic mass is 16.2.